The lowest BCUT2D eigenvalue weighted by Crippen LogP contribution is -2.21. The van der Waals surface area contributed by atoms with Gasteiger partial charge in [0.1, 0.15) is 11.1 Å². The Kier molecular flexibility index (Phi) is 4.36. The van der Waals surface area contributed by atoms with Crippen molar-refractivity contribution in [1.29, 1.82) is 0 Å². The molecule has 0 fully saturated rings. The smallest absolute Gasteiger partial charge is 0.271 e. The number of hydrogen-bond acceptors (Lipinski definition) is 6. The molecule has 1 aliphatic heterocycles. The molecule has 7 nitrogen and oxygen atoms in total. The van der Waals surface area contributed by atoms with Crippen LogP contribution in [0.5, 0.6) is 0 Å². The molecule has 0 atom stereocenters. The molecule has 0 bridgehead atoms. The number of rotatable bonds is 3. The van der Waals surface area contributed by atoms with Gasteiger partial charge in [0, 0.05) is 18.3 Å². The number of fused-ring (bicyclic) bond motifs is 3. The Bertz CT molecular complexity index is 1420. The van der Waals surface area contributed by atoms with E-state index in [-0.39, 0.29) is 11.1 Å². The second-order valence-electron chi connectivity index (χ2n) is 7.41. The highest BCUT2D eigenvalue weighted by Gasteiger charge is 2.26. The van der Waals surface area contributed by atoms with Crippen LogP contribution in [-0.2, 0) is 6.54 Å². The molecular formula is C24H17N3O4. The molecule has 0 aliphatic carbocycles. The third-order valence-electron chi connectivity index (χ3n) is 5.28. The Hall–Kier alpha value is -4.26. The van der Waals surface area contributed by atoms with E-state index in [0.717, 1.165) is 11.1 Å². The average molecular weight is 411 g/mol. The van der Waals surface area contributed by atoms with Crippen LogP contribution in [0.2, 0.25) is 0 Å². The van der Waals surface area contributed by atoms with Crippen molar-refractivity contribution < 1.29 is 9.34 Å². The molecule has 2 heterocycles. The van der Waals surface area contributed by atoms with Crippen LogP contribution in [0, 0.1) is 17.0 Å². The van der Waals surface area contributed by atoms with Gasteiger partial charge in [-0.2, -0.15) is 0 Å². The number of hydrogen-bond donors (Lipinski definition) is 0. The predicted molar refractivity (Wildman–Crippen MR) is 120 cm³/mol. The minimum atomic E-state index is -0.462. The quantitative estimate of drug-likeness (QED) is 0.332. The lowest BCUT2D eigenvalue weighted by molar-refractivity contribution is -0.384. The number of aryl methyl sites for hydroxylation is 1. The van der Waals surface area contributed by atoms with E-state index in [9.17, 15) is 14.9 Å². The van der Waals surface area contributed by atoms with Crippen molar-refractivity contribution in [2.24, 2.45) is 4.99 Å². The van der Waals surface area contributed by atoms with Crippen LogP contribution in [0.1, 0.15) is 16.7 Å². The van der Waals surface area contributed by atoms with E-state index in [2.05, 4.69) is 4.99 Å². The number of non-ortho nitro benzene ring substituents is 1. The highest BCUT2D eigenvalue weighted by molar-refractivity contribution is 5.97. The van der Waals surface area contributed by atoms with Gasteiger partial charge in [-0.1, -0.05) is 42.0 Å². The monoisotopic (exact) mass is 411 g/mol. The molecule has 1 aliphatic rings. The molecule has 0 saturated carbocycles. The van der Waals surface area contributed by atoms with Gasteiger partial charge in [-0.05, 0) is 30.7 Å². The minimum Gasteiger partial charge on any atom is -0.439 e. The standard InChI is InChI=1S/C24H17N3O4/c1-15-7-10-22-18(11-15)23(28)19-13-25-20-12-17(27(29)30)8-9-21(20)26(24(19)31-22)14-16-5-3-2-4-6-16/h2-13H,14H2,1H3. The van der Waals surface area contributed by atoms with Crippen molar-refractivity contribution >= 4 is 40.1 Å². The van der Waals surface area contributed by atoms with Crippen LogP contribution in [0.15, 0.2) is 80.9 Å². The van der Waals surface area contributed by atoms with E-state index in [0.29, 0.717) is 40.3 Å². The maximum atomic E-state index is 13.3. The van der Waals surface area contributed by atoms with Gasteiger partial charge in [0.25, 0.3) is 5.69 Å². The zero-order valence-electron chi connectivity index (χ0n) is 16.6. The van der Waals surface area contributed by atoms with Crippen LogP contribution in [0.25, 0.3) is 11.0 Å². The fraction of sp³-hybridized carbons (Fsp3) is 0.0833. The number of nitro groups is 1. The summed E-state index contributed by atoms with van der Waals surface area (Å²) in [5.74, 6) is 0.363. The van der Waals surface area contributed by atoms with Crippen LogP contribution in [0.3, 0.4) is 0 Å². The summed E-state index contributed by atoms with van der Waals surface area (Å²) in [6, 6.07) is 19.7. The Balaban J connectivity index is 1.78. The number of benzene rings is 3. The van der Waals surface area contributed by atoms with Gasteiger partial charge in [0.05, 0.1) is 28.2 Å². The maximum absolute atomic E-state index is 13.3. The largest absolute Gasteiger partial charge is 0.439 e. The van der Waals surface area contributed by atoms with Gasteiger partial charge in [-0.15, -0.1) is 0 Å². The summed E-state index contributed by atoms with van der Waals surface area (Å²) in [5.41, 5.74) is 3.50. The normalized spacial score (nSPS) is 12.4. The molecule has 0 spiro atoms. The third-order valence-corrected chi connectivity index (χ3v) is 5.28. The van der Waals surface area contributed by atoms with E-state index in [1.807, 2.05) is 48.2 Å². The lowest BCUT2D eigenvalue weighted by atomic mass is 10.1. The van der Waals surface area contributed by atoms with Crippen LogP contribution >= 0.6 is 0 Å². The zero-order chi connectivity index (χ0) is 21.5. The molecule has 31 heavy (non-hydrogen) atoms. The SMILES string of the molecule is Cc1ccc2oc3c(c(=O)c2c1)C=Nc1cc([N+](=O)[O-])ccc1N3Cc1ccccc1. The summed E-state index contributed by atoms with van der Waals surface area (Å²) in [6.45, 7) is 2.32. The Morgan fingerprint density at radius 2 is 1.87 bits per heavy atom. The summed E-state index contributed by atoms with van der Waals surface area (Å²) in [7, 11) is 0. The molecule has 4 aromatic rings. The fourth-order valence-electron chi connectivity index (χ4n) is 3.75. The number of nitrogens with zero attached hydrogens (tertiary/aromatic N) is 3. The molecule has 0 N–H and O–H groups in total. The third kappa shape index (κ3) is 3.26. The van der Waals surface area contributed by atoms with Crippen molar-refractivity contribution in [2.75, 3.05) is 4.90 Å². The van der Waals surface area contributed by atoms with Gasteiger partial charge in [0.2, 0.25) is 11.3 Å². The van der Waals surface area contributed by atoms with Gasteiger partial charge >= 0.3 is 0 Å². The predicted octanol–water partition coefficient (Wildman–Crippen LogP) is 5.41. The van der Waals surface area contributed by atoms with Crippen LogP contribution in [0.4, 0.5) is 22.9 Å². The van der Waals surface area contributed by atoms with Crippen molar-refractivity contribution in [3.05, 3.63) is 104 Å². The Morgan fingerprint density at radius 1 is 1.06 bits per heavy atom. The van der Waals surface area contributed by atoms with E-state index >= 15 is 0 Å². The topological polar surface area (TPSA) is 88.9 Å². The van der Waals surface area contributed by atoms with E-state index in [1.54, 1.807) is 18.2 Å². The molecule has 0 saturated heterocycles. The summed E-state index contributed by atoms with van der Waals surface area (Å²) < 4.78 is 6.22. The molecule has 3 aromatic carbocycles. The number of aliphatic imine (C=N–C) groups is 1. The van der Waals surface area contributed by atoms with Crippen molar-refractivity contribution in [3.63, 3.8) is 0 Å². The second kappa shape index (κ2) is 7.21. The molecule has 0 amide bonds. The average Bonchev–Trinajstić information content (AvgIpc) is 2.92. The Morgan fingerprint density at radius 3 is 2.65 bits per heavy atom. The first kappa shape index (κ1) is 18.7. The summed E-state index contributed by atoms with van der Waals surface area (Å²) in [5, 5.41) is 11.8. The fourth-order valence-corrected chi connectivity index (χ4v) is 3.75. The first-order valence-corrected chi connectivity index (χ1v) is 9.73. The summed E-state index contributed by atoms with van der Waals surface area (Å²) >= 11 is 0. The summed E-state index contributed by atoms with van der Waals surface area (Å²) in [6.07, 6.45) is 1.44. The molecule has 7 heteroatoms. The molecule has 5 rings (SSSR count). The van der Waals surface area contributed by atoms with Crippen molar-refractivity contribution in [1.82, 2.24) is 0 Å². The van der Waals surface area contributed by atoms with E-state index in [1.165, 1.54) is 18.3 Å². The van der Waals surface area contributed by atoms with Crippen molar-refractivity contribution in [3.8, 4) is 0 Å². The van der Waals surface area contributed by atoms with E-state index < -0.39 is 4.92 Å². The lowest BCUT2D eigenvalue weighted by Gasteiger charge is -2.24. The van der Waals surface area contributed by atoms with E-state index in [4.69, 9.17) is 4.42 Å². The van der Waals surface area contributed by atoms with Gasteiger partial charge in [-0.25, -0.2) is 0 Å². The molecule has 1 aromatic heterocycles. The molecule has 0 unspecified atom stereocenters. The molecule has 0 radical (unpaired) electrons. The molecular weight excluding hydrogens is 394 g/mol. The highest BCUT2D eigenvalue weighted by Crippen LogP contribution is 2.41. The highest BCUT2D eigenvalue weighted by atomic mass is 16.6. The van der Waals surface area contributed by atoms with Gasteiger partial charge in [-0.3, -0.25) is 19.9 Å². The van der Waals surface area contributed by atoms with Gasteiger partial charge in [0.15, 0.2) is 0 Å². The minimum absolute atomic E-state index is 0.0680. The maximum Gasteiger partial charge on any atom is 0.271 e. The van der Waals surface area contributed by atoms with Crippen LogP contribution < -0.4 is 10.3 Å². The number of nitro benzene ring substituents is 1. The number of anilines is 2. The zero-order valence-corrected chi connectivity index (χ0v) is 16.6. The first-order valence-electron chi connectivity index (χ1n) is 9.73. The van der Waals surface area contributed by atoms with Crippen molar-refractivity contribution in [2.45, 2.75) is 13.5 Å². The Labute approximate surface area is 177 Å². The molecule has 152 valence electrons. The van der Waals surface area contributed by atoms with Gasteiger partial charge < -0.3 is 9.32 Å². The van der Waals surface area contributed by atoms with Crippen LogP contribution in [-0.4, -0.2) is 11.1 Å². The second-order valence-corrected chi connectivity index (χ2v) is 7.41. The summed E-state index contributed by atoms with van der Waals surface area (Å²) in [4.78, 5) is 30.4. The first-order chi connectivity index (χ1) is 15.0.